The summed E-state index contributed by atoms with van der Waals surface area (Å²) in [6.07, 6.45) is 1.50. The van der Waals surface area contributed by atoms with E-state index in [-0.39, 0.29) is 28.8 Å². The number of nitrogens with zero attached hydrogens (tertiary/aromatic N) is 4. The van der Waals surface area contributed by atoms with Crippen molar-refractivity contribution >= 4 is 57.2 Å². The maximum atomic E-state index is 13.6. The molecule has 5 rings (SSSR count). The molecule has 2 aliphatic rings. The highest BCUT2D eigenvalue weighted by molar-refractivity contribution is 8.01. The minimum Gasteiger partial charge on any atom is -0.495 e. The van der Waals surface area contributed by atoms with Crippen molar-refractivity contribution in [1.82, 2.24) is 10.2 Å². The first-order valence-corrected chi connectivity index (χ1v) is 14.3. The molecule has 204 valence electrons. The number of hydrogen-bond acceptors (Lipinski definition) is 10. The van der Waals surface area contributed by atoms with E-state index in [1.54, 1.807) is 35.2 Å². The number of nitrogens with two attached hydrogens (primary N) is 1. The van der Waals surface area contributed by atoms with Gasteiger partial charge in [0.1, 0.15) is 17.4 Å². The zero-order valence-corrected chi connectivity index (χ0v) is 23.5. The number of methoxy groups -OCH3 is 1. The van der Waals surface area contributed by atoms with Crippen LogP contribution in [0, 0.1) is 17.1 Å². The lowest BCUT2D eigenvalue weighted by Crippen LogP contribution is -2.38. The quantitative estimate of drug-likeness (QED) is 0.345. The number of nitrogens with one attached hydrogen (secondary N) is 1. The van der Waals surface area contributed by atoms with Crippen LogP contribution in [0.5, 0.6) is 5.75 Å². The zero-order chi connectivity index (χ0) is 28.4. The van der Waals surface area contributed by atoms with E-state index in [4.69, 9.17) is 22.1 Å². The Hall–Kier alpha value is -3.92. The highest BCUT2D eigenvalue weighted by Gasteiger charge is 2.41. The lowest BCUT2D eigenvalue weighted by atomic mass is 9.76. The first kappa shape index (κ1) is 27.6. The van der Waals surface area contributed by atoms with Gasteiger partial charge >= 0.3 is 0 Å². The van der Waals surface area contributed by atoms with E-state index >= 15 is 0 Å². The van der Waals surface area contributed by atoms with Gasteiger partial charge in [0.05, 0.1) is 36.1 Å². The summed E-state index contributed by atoms with van der Waals surface area (Å²) in [5.74, 6) is -0.836. The molecule has 2 aromatic carbocycles. The number of carbonyl (C=O) groups excluding carboxylic acids is 2. The van der Waals surface area contributed by atoms with Crippen LogP contribution in [0.3, 0.4) is 0 Å². The third kappa shape index (κ3) is 5.40. The second-order valence-electron chi connectivity index (χ2n) is 8.90. The Morgan fingerprint density at radius 3 is 2.80 bits per heavy atom. The van der Waals surface area contributed by atoms with Gasteiger partial charge in [-0.1, -0.05) is 46.8 Å². The minimum atomic E-state index is -0.696. The third-order valence-corrected chi connectivity index (χ3v) is 8.74. The van der Waals surface area contributed by atoms with Crippen LogP contribution >= 0.6 is 34.7 Å². The van der Waals surface area contributed by atoms with Crippen LogP contribution in [0.15, 0.2) is 69.5 Å². The monoisotopic (exact) mass is 596 g/mol. The number of anilines is 2. The van der Waals surface area contributed by atoms with E-state index in [9.17, 15) is 19.2 Å². The van der Waals surface area contributed by atoms with Crippen molar-refractivity contribution in [3.63, 3.8) is 0 Å². The zero-order valence-electron chi connectivity index (χ0n) is 21.1. The molecule has 9 nitrogen and oxygen atoms in total. The van der Waals surface area contributed by atoms with Crippen molar-refractivity contribution in [3.8, 4) is 11.8 Å². The summed E-state index contributed by atoms with van der Waals surface area (Å²) in [6, 6.07) is 12.8. The van der Waals surface area contributed by atoms with E-state index in [1.807, 2.05) is 0 Å². The number of halogens is 2. The predicted molar refractivity (Wildman–Crippen MR) is 152 cm³/mol. The molecule has 0 saturated heterocycles. The van der Waals surface area contributed by atoms with Gasteiger partial charge in [0.25, 0.3) is 0 Å². The fraction of sp³-hybridized carbons (Fsp3) is 0.222. The molecule has 1 aliphatic carbocycles. The van der Waals surface area contributed by atoms with Crippen molar-refractivity contribution in [1.29, 1.82) is 5.26 Å². The molecule has 0 radical (unpaired) electrons. The van der Waals surface area contributed by atoms with Crippen molar-refractivity contribution in [2.45, 2.75) is 29.5 Å². The summed E-state index contributed by atoms with van der Waals surface area (Å²) in [7, 11) is 1.50. The van der Waals surface area contributed by atoms with Gasteiger partial charge in [-0.05, 0) is 48.7 Å². The van der Waals surface area contributed by atoms with E-state index in [1.165, 1.54) is 42.3 Å². The van der Waals surface area contributed by atoms with Crippen molar-refractivity contribution in [2.75, 3.05) is 23.1 Å². The van der Waals surface area contributed by atoms with Crippen LogP contribution in [0.4, 0.5) is 15.2 Å². The summed E-state index contributed by atoms with van der Waals surface area (Å²) < 4.78 is 19.4. The topological polar surface area (TPSA) is 134 Å². The molecular weight excluding hydrogens is 575 g/mol. The van der Waals surface area contributed by atoms with Gasteiger partial charge in [-0.2, -0.15) is 5.26 Å². The molecule has 1 aliphatic heterocycles. The van der Waals surface area contributed by atoms with Crippen LogP contribution in [-0.4, -0.2) is 34.8 Å². The van der Waals surface area contributed by atoms with Gasteiger partial charge in [-0.3, -0.25) is 14.5 Å². The van der Waals surface area contributed by atoms with Crippen molar-refractivity contribution < 1.29 is 18.7 Å². The maximum absolute atomic E-state index is 13.6. The number of nitriles is 1. The third-order valence-electron chi connectivity index (χ3n) is 6.47. The standard InChI is InChI=1S/C27H22ClFN6O3S2/c1-38-21-10-7-15(28)11-18(21)32-22(37)13-39-27-34-33-26(40-27)35-19-3-2-4-20(36)24(19)23(17(12-30)25(35)31)14-5-8-16(29)9-6-14/h5-11,23H,2-4,13,31H2,1H3,(H,32,37). The molecule has 0 fully saturated rings. The summed E-state index contributed by atoms with van der Waals surface area (Å²) in [5, 5.41) is 22.2. The fourth-order valence-electron chi connectivity index (χ4n) is 4.74. The molecule has 2 heterocycles. The number of aromatic nitrogens is 2. The van der Waals surface area contributed by atoms with Crippen LogP contribution in [0.2, 0.25) is 5.02 Å². The minimum absolute atomic E-state index is 0.0398. The molecule has 0 bridgehead atoms. The fourth-order valence-corrected chi connectivity index (χ4v) is 6.59. The van der Waals surface area contributed by atoms with Crippen LogP contribution in [0.25, 0.3) is 0 Å². The van der Waals surface area contributed by atoms with Crippen molar-refractivity contribution in [3.05, 3.63) is 81.5 Å². The SMILES string of the molecule is COc1ccc(Cl)cc1NC(=O)CSc1nnc(N2C(N)=C(C#N)C(c3ccc(F)cc3)C3=C2CCCC3=O)s1. The second kappa shape index (κ2) is 11.7. The molecule has 1 atom stereocenters. The molecule has 40 heavy (non-hydrogen) atoms. The van der Waals surface area contributed by atoms with Gasteiger partial charge < -0.3 is 15.8 Å². The number of ketones is 1. The van der Waals surface area contributed by atoms with Crippen LogP contribution in [-0.2, 0) is 9.59 Å². The highest BCUT2D eigenvalue weighted by Crippen LogP contribution is 2.47. The number of allylic oxidation sites excluding steroid dienone is 3. The number of benzene rings is 2. The molecule has 3 aromatic rings. The van der Waals surface area contributed by atoms with Gasteiger partial charge in [-0.15, -0.1) is 10.2 Å². The molecular formula is C27H22ClFN6O3S2. The largest absolute Gasteiger partial charge is 0.495 e. The Kier molecular flexibility index (Phi) is 8.07. The number of carbonyl (C=O) groups is 2. The van der Waals surface area contributed by atoms with Gasteiger partial charge in [0.2, 0.25) is 11.0 Å². The molecule has 13 heteroatoms. The smallest absolute Gasteiger partial charge is 0.234 e. The molecule has 0 spiro atoms. The average molecular weight is 597 g/mol. The molecule has 3 N–H and O–H groups in total. The maximum Gasteiger partial charge on any atom is 0.234 e. The number of ether oxygens (including phenoxy) is 1. The van der Waals surface area contributed by atoms with Gasteiger partial charge in [-0.25, -0.2) is 4.39 Å². The van der Waals surface area contributed by atoms with E-state index in [0.717, 1.165) is 0 Å². The Labute approximate surface area is 242 Å². The predicted octanol–water partition coefficient (Wildman–Crippen LogP) is 5.37. The van der Waals surface area contributed by atoms with Crippen molar-refractivity contribution in [2.24, 2.45) is 5.73 Å². The summed E-state index contributed by atoms with van der Waals surface area (Å²) in [5.41, 5.74) is 8.90. The Morgan fingerprint density at radius 1 is 1.30 bits per heavy atom. The number of hydrogen-bond donors (Lipinski definition) is 2. The lowest BCUT2D eigenvalue weighted by Gasteiger charge is -2.38. The van der Waals surface area contributed by atoms with Gasteiger partial charge in [0, 0.05) is 22.7 Å². The Morgan fingerprint density at radius 2 is 2.08 bits per heavy atom. The first-order chi connectivity index (χ1) is 19.3. The Bertz CT molecular complexity index is 1600. The summed E-state index contributed by atoms with van der Waals surface area (Å²) in [4.78, 5) is 27.4. The van der Waals surface area contributed by atoms with E-state index in [2.05, 4.69) is 21.6 Å². The molecule has 1 unspecified atom stereocenters. The molecule has 0 saturated carbocycles. The van der Waals surface area contributed by atoms with E-state index in [0.29, 0.717) is 62.0 Å². The molecule has 1 aromatic heterocycles. The number of Topliss-reactive ketones (excluding diaryl/α,β-unsaturated/α-hetero) is 1. The van der Waals surface area contributed by atoms with E-state index < -0.39 is 11.7 Å². The number of thioether (sulfide) groups is 1. The average Bonchev–Trinajstić information content (AvgIpc) is 3.40. The van der Waals surface area contributed by atoms with Gasteiger partial charge in [0.15, 0.2) is 10.1 Å². The lowest BCUT2D eigenvalue weighted by molar-refractivity contribution is -0.116. The number of rotatable bonds is 7. The Balaban J connectivity index is 1.40. The highest BCUT2D eigenvalue weighted by atomic mass is 35.5. The number of amides is 1. The first-order valence-electron chi connectivity index (χ1n) is 12.1. The molecule has 1 amide bonds. The second-order valence-corrected chi connectivity index (χ2v) is 11.5. The van der Waals surface area contributed by atoms with Crippen LogP contribution in [0.1, 0.15) is 30.7 Å². The summed E-state index contributed by atoms with van der Waals surface area (Å²) in [6.45, 7) is 0. The van der Waals surface area contributed by atoms with Crippen LogP contribution < -0.4 is 20.7 Å². The normalized spacial score (nSPS) is 17.0. The summed E-state index contributed by atoms with van der Waals surface area (Å²) >= 11 is 8.41.